The van der Waals surface area contributed by atoms with Crippen molar-refractivity contribution in [3.63, 3.8) is 0 Å². The maximum atomic E-state index is 12.9. The van der Waals surface area contributed by atoms with E-state index in [0.717, 1.165) is 5.69 Å². The van der Waals surface area contributed by atoms with Crippen molar-refractivity contribution in [3.8, 4) is 5.69 Å². The molecule has 1 atom stereocenters. The molecule has 0 radical (unpaired) electrons. The lowest BCUT2D eigenvalue weighted by Crippen LogP contribution is -2.46. The summed E-state index contributed by atoms with van der Waals surface area (Å²) < 4.78 is 12.6. The van der Waals surface area contributed by atoms with Crippen molar-refractivity contribution in [2.75, 3.05) is 17.7 Å². The number of ether oxygens (including phenoxy) is 1. The molecule has 0 bridgehead atoms. The molecule has 3 N–H and O–H groups in total. The smallest absolute Gasteiger partial charge is 0.338 e. The minimum atomic E-state index is -0.789. The summed E-state index contributed by atoms with van der Waals surface area (Å²) in [6, 6.07) is 9.39. The number of hydrogen-bond acceptors (Lipinski definition) is 8. The fourth-order valence-corrected chi connectivity index (χ4v) is 4.61. The first-order chi connectivity index (χ1) is 16.9. The van der Waals surface area contributed by atoms with Crippen LogP contribution in [-0.2, 0) is 14.3 Å². The predicted octanol–water partition coefficient (Wildman–Crippen LogP) is 3.09. The summed E-state index contributed by atoms with van der Waals surface area (Å²) in [5.41, 5.74) is 2.03. The van der Waals surface area contributed by atoms with Gasteiger partial charge in [0, 0.05) is 24.1 Å². The zero-order valence-corrected chi connectivity index (χ0v) is 20.1. The van der Waals surface area contributed by atoms with E-state index in [4.69, 9.17) is 9.15 Å². The number of hydrogen-bond donors (Lipinski definition) is 3. The lowest BCUT2D eigenvalue weighted by atomic mass is 10.0. The molecule has 3 heterocycles. The average Bonchev–Trinajstić information content (AvgIpc) is 3.47. The average molecular weight is 497 g/mol. The molecule has 2 aromatic heterocycles. The molecule has 0 saturated heterocycles. The lowest BCUT2D eigenvalue weighted by Gasteiger charge is -2.27. The Kier molecular flexibility index (Phi) is 7.20. The van der Waals surface area contributed by atoms with Gasteiger partial charge in [0.05, 0.1) is 24.1 Å². The molecule has 182 valence electrons. The number of anilines is 1. The number of aromatic nitrogens is 3. The molecule has 1 aliphatic rings. The Hall–Kier alpha value is -4.06. The maximum absolute atomic E-state index is 12.9. The van der Waals surface area contributed by atoms with E-state index in [0.29, 0.717) is 28.1 Å². The van der Waals surface area contributed by atoms with Gasteiger partial charge in [-0.05, 0) is 44.2 Å². The zero-order chi connectivity index (χ0) is 24.9. The van der Waals surface area contributed by atoms with Gasteiger partial charge in [-0.25, -0.2) is 9.59 Å². The highest BCUT2D eigenvalue weighted by molar-refractivity contribution is 7.99. The molecule has 0 spiro atoms. The molecular formula is C23H24N6O5S. The first-order valence-electron chi connectivity index (χ1n) is 10.8. The molecular weight excluding hydrogens is 472 g/mol. The SMILES string of the molecule is CCOC(=O)C1=C(CSc2nnc(C)n2-c2cccc(NC(C)=O)c2)NC(=O)NC1c1ccco1. The van der Waals surface area contributed by atoms with Crippen LogP contribution in [0.1, 0.15) is 31.5 Å². The molecule has 4 rings (SSSR count). The Balaban J connectivity index is 1.66. The molecule has 1 aromatic carbocycles. The van der Waals surface area contributed by atoms with Crippen molar-refractivity contribution < 1.29 is 23.5 Å². The molecule has 1 aliphatic heterocycles. The Morgan fingerprint density at radius 1 is 1.26 bits per heavy atom. The van der Waals surface area contributed by atoms with Crippen LogP contribution in [0.2, 0.25) is 0 Å². The number of nitrogens with zero attached hydrogens (tertiary/aromatic N) is 3. The van der Waals surface area contributed by atoms with E-state index in [-0.39, 0.29) is 23.8 Å². The summed E-state index contributed by atoms with van der Waals surface area (Å²) in [5.74, 6) is 0.526. The van der Waals surface area contributed by atoms with E-state index in [9.17, 15) is 14.4 Å². The molecule has 1 unspecified atom stereocenters. The number of nitrogens with one attached hydrogen (secondary N) is 3. The van der Waals surface area contributed by atoms with Gasteiger partial charge in [-0.15, -0.1) is 10.2 Å². The van der Waals surface area contributed by atoms with Gasteiger partial charge >= 0.3 is 12.0 Å². The molecule has 35 heavy (non-hydrogen) atoms. The van der Waals surface area contributed by atoms with Crippen LogP contribution in [0.15, 0.2) is 63.5 Å². The summed E-state index contributed by atoms with van der Waals surface area (Å²) in [6.07, 6.45) is 1.47. The van der Waals surface area contributed by atoms with E-state index in [1.807, 2.05) is 29.7 Å². The van der Waals surface area contributed by atoms with E-state index in [1.54, 1.807) is 25.1 Å². The number of furan rings is 1. The largest absolute Gasteiger partial charge is 0.467 e. The van der Waals surface area contributed by atoms with Crippen LogP contribution >= 0.6 is 11.8 Å². The van der Waals surface area contributed by atoms with Crippen LogP contribution in [0.3, 0.4) is 0 Å². The van der Waals surface area contributed by atoms with E-state index < -0.39 is 18.0 Å². The molecule has 11 nitrogen and oxygen atoms in total. The van der Waals surface area contributed by atoms with E-state index in [2.05, 4.69) is 26.1 Å². The van der Waals surface area contributed by atoms with Crippen LogP contribution in [-0.4, -0.2) is 45.0 Å². The first kappa shape index (κ1) is 24.1. The summed E-state index contributed by atoms with van der Waals surface area (Å²) in [4.78, 5) is 36.7. The number of benzene rings is 1. The Morgan fingerprint density at radius 2 is 2.09 bits per heavy atom. The summed E-state index contributed by atoms with van der Waals surface area (Å²) in [5, 5.41) is 17.2. The zero-order valence-electron chi connectivity index (χ0n) is 19.3. The number of carbonyl (C=O) groups is 3. The minimum absolute atomic E-state index is 0.177. The fraction of sp³-hybridized carbons (Fsp3) is 0.261. The third-order valence-electron chi connectivity index (χ3n) is 5.04. The van der Waals surface area contributed by atoms with Crippen LogP contribution in [0.4, 0.5) is 10.5 Å². The standard InChI is InChI=1S/C23H24N6O5S/c1-4-33-21(31)19-17(25-22(32)26-20(19)18-9-6-10-34-18)12-35-23-28-27-13(2)29(23)16-8-5-7-15(11-16)24-14(3)30/h5-11,20H,4,12H2,1-3H3,(H,24,30)(H2,25,26,32). The summed E-state index contributed by atoms with van der Waals surface area (Å²) >= 11 is 1.29. The second kappa shape index (κ2) is 10.5. The second-order valence-electron chi connectivity index (χ2n) is 7.54. The normalized spacial score (nSPS) is 15.4. The second-order valence-corrected chi connectivity index (χ2v) is 8.49. The number of thioether (sulfide) groups is 1. The highest BCUT2D eigenvalue weighted by Gasteiger charge is 2.35. The predicted molar refractivity (Wildman–Crippen MR) is 128 cm³/mol. The van der Waals surface area contributed by atoms with Crippen LogP contribution < -0.4 is 16.0 Å². The highest BCUT2D eigenvalue weighted by Crippen LogP contribution is 2.31. The number of aryl methyl sites for hydroxylation is 1. The number of amides is 3. The van der Waals surface area contributed by atoms with Gasteiger partial charge in [0.1, 0.15) is 17.6 Å². The highest BCUT2D eigenvalue weighted by atomic mass is 32.2. The van der Waals surface area contributed by atoms with Gasteiger partial charge in [0.15, 0.2) is 5.16 Å². The number of carbonyl (C=O) groups excluding carboxylic acids is 3. The van der Waals surface area contributed by atoms with Crippen molar-refractivity contribution in [3.05, 3.63) is 65.5 Å². The Labute approximate surface area is 205 Å². The van der Waals surface area contributed by atoms with Gasteiger partial charge in [-0.1, -0.05) is 17.8 Å². The van der Waals surface area contributed by atoms with Crippen molar-refractivity contribution >= 4 is 35.4 Å². The first-order valence-corrected chi connectivity index (χ1v) is 11.8. The molecule has 12 heteroatoms. The Bertz CT molecular complexity index is 1280. The molecule has 0 fully saturated rings. The van der Waals surface area contributed by atoms with Crippen LogP contribution in [0, 0.1) is 6.92 Å². The molecule has 3 aromatic rings. The van der Waals surface area contributed by atoms with Crippen molar-refractivity contribution in [2.45, 2.75) is 32.0 Å². The number of esters is 1. The van der Waals surface area contributed by atoms with E-state index in [1.165, 1.54) is 24.9 Å². The third kappa shape index (κ3) is 5.38. The molecule has 0 aliphatic carbocycles. The van der Waals surface area contributed by atoms with Crippen molar-refractivity contribution in [1.82, 2.24) is 25.4 Å². The van der Waals surface area contributed by atoms with Gasteiger partial charge in [0.25, 0.3) is 0 Å². The quantitative estimate of drug-likeness (QED) is 0.319. The van der Waals surface area contributed by atoms with Gasteiger partial charge in [0.2, 0.25) is 5.91 Å². The van der Waals surface area contributed by atoms with Gasteiger partial charge in [-0.3, -0.25) is 9.36 Å². The van der Waals surface area contributed by atoms with Crippen LogP contribution in [0.5, 0.6) is 0 Å². The molecule has 3 amide bonds. The maximum Gasteiger partial charge on any atom is 0.338 e. The Morgan fingerprint density at radius 3 is 2.80 bits per heavy atom. The van der Waals surface area contributed by atoms with Gasteiger partial charge in [-0.2, -0.15) is 0 Å². The number of rotatable bonds is 8. The summed E-state index contributed by atoms with van der Waals surface area (Å²) in [7, 11) is 0. The minimum Gasteiger partial charge on any atom is -0.467 e. The van der Waals surface area contributed by atoms with Crippen molar-refractivity contribution in [1.29, 1.82) is 0 Å². The number of urea groups is 1. The topological polar surface area (TPSA) is 140 Å². The van der Waals surface area contributed by atoms with Gasteiger partial charge < -0.3 is 25.1 Å². The van der Waals surface area contributed by atoms with Crippen LogP contribution in [0.25, 0.3) is 5.69 Å². The third-order valence-corrected chi connectivity index (χ3v) is 6.00. The molecule has 0 saturated carbocycles. The van der Waals surface area contributed by atoms with E-state index >= 15 is 0 Å². The monoisotopic (exact) mass is 496 g/mol. The summed E-state index contributed by atoms with van der Waals surface area (Å²) in [6.45, 7) is 5.14. The fourth-order valence-electron chi connectivity index (χ4n) is 3.65. The van der Waals surface area contributed by atoms with Crippen molar-refractivity contribution in [2.24, 2.45) is 0 Å². The lowest BCUT2D eigenvalue weighted by molar-refractivity contribution is -0.139.